The Hall–Kier alpha value is -1.36. The zero-order valence-electron chi connectivity index (χ0n) is 11.0. The molecule has 0 atom stereocenters. The van der Waals surface area contributed by atoms with Gasteiger partial charge in [0, 0.05) is 37.8 Å². The molecule has 1 aromatic heterocycles. The maximum Gasteiger partial charge on any atom is 0.137 e. The Balaban J connectivity index is 1.73. The number of nitrogens with two attached hydrogens (primary N) is 1. The number of aromatic nitrogens is 2. The van der Waals surface area contributed by atoms with Gasteiger partial charge < -0.3 is 10.6 Å². The number of nitrogen functional groups attached to an aromatic ring is 1. The predicted octanol–water partition coefficient (Wildman–Crippen LogP) is 0.906. The number of hydrogen-bond acceptors (Lipinski definition) is 5. The molecule has 0 spiro atoms. The first-order chi connectivity index (χ1) is 8.79. The van der Waals surface area contributed by atoms with E-state index >= 15 is 0 Å². The summed E-state index contributed by atoms with van der Waals surface area (Å²) in [5, 5.41) is 0. The van der Waals surface area contributed by atoms with Gasteiger partial charge in [-0.2, -0.15) is 0 Å². The minimum absolute atomic E-state index is 0.632. The number of piperazine rings is 1. The van der Waals surface area contributed by atoms with Crippen molar-refractivity contribution in [3.63, 3.8) is 0 Å². The molecule has 1 saturated heterocycles. The molecule has 1 aliphatic heterocycles. The summed E-state index contributed by atoms with van der Waals surface area (Å²) in [6.07, 6.45) is 5.25. The Morgan fingerprint density at radius 3 is 2.56 bits per heavy atom. The average Bonchev–Trinajstić information content (AvgIpc) is 3.23. The second kappa shape index (κ2) is 4.72. The van der Waals surface area contributed by atoms with Crippen LogP contribution in [0, 0.1) is 0 Å². The minimum Gasteiger partial charge on any atom is -0.383 e. The monoisotopic (exact) mass is 247 g/mol. The maximum absolute atomic E-state index is 5.94. The van der Waals surface area contributed by atoms with E-state index in [9.17, 15) is 0 Å². The molecule has 1 aliphatic carbocycles. The fourth-order valence-electron chi connectivity index (χ4n) is 2.77. The lowest BCUT2D eigenvalue weighted by molar-refractivity contribution is 0.247. The highest BCUT2D eigenvalue weighted by Gasteiger charge is 2.31. The largest absolute Gasteiger partial charge is 0.383 e. The Kier molecular flexibility index (Phi) is 3.07. The van der Waals surface area contributed by atoms with Crippen molar-refractivity contribution < 1.29 is 0 Å². The Morgan fingerprint density at radius 1 is 1.22 bits per heavy atom. The summed E-state index contributed by atoms with van der Waals surface area (Å²) in [6, 6.07) is 0.869. The highest BCUT2D eigenvalue weighted by atomic mass is 15.3. The Morgan fingerprint density at radius 2 is 1.94 bits per heavy atom. The van der Waals surface area contributed by atoms with Crippen molar-refractivity contribution in [2.24, 2.45) is 0 Å². The quantitative estimate of drug-likeness (QED) is 0.860. The van der Waals surface area contributed by atoms with Crippen LogP contribution >= 0.6 is 0 Å². The van der Waals surface area contributed by atoms with Crippen LogP contribution in [0.15, 0.2) is 6.33 Å². The van der Waals surface area contributed by atoms with Gasteiger partial charge in [-0.1, -0.05) is 6.92 Å². The Bertz CT molecular complexity index is 421. The predicted molar refractivity (Wildman–Crippen MR) is 72.6 cm³/mol. The van der Waals surface area contributed by atoms with E-state index in [0.717, 1.165) is 50.0 Å². The summed E-state index contributed by atoms with van der Waals surface area (Å²) in [6.45, 7) is 6.52. The van der Waals surface area contributed by atoms with Crippen LogP contribution in [-0.4, -0.2) is 47.1 Å². The summed E-state index contributed by atoms with van der Waals surface area (Å²) in [5.41, 5.74) is 7.03. The number of nitrogens with zero attached hydrogens (tertiary/aromatic N) is 4. The third kappa shape index (κ3) is 2.14. The van der Waals surface area contributed by atoms with Gasteiger partial charge in [-0.3, -0.25) is 4.90 Å². The topological polar surface area (TPSA) is 58.3 Å². The number of rotatable bonds is 3. The lowest BCUT2D eigenvalue weighted by Gasteiger charge is -2.36. The van der Waals surface area contributed by atoms with Gasteiger partial charge in [0.2, 0.25) is 0 Å². The van der Waals surface area contributed by atoms with E-state index in [1.54, 1.807) is 6.33 Å². The van der Waals surface area contributed by atoms with E-state index in [0.29, 0.717) is 5.82 Å². The average molecular weight is 247 g/mol. The van der Waals surface area contributed by atoms with E-state index < -0.39 is 0 Å². The SMILES string of the molecule is CCc1c(N)ncnc1N1CCN(C2CC2)CC1. The van der Waals surface area contributed by atoms with Crippen molar-refractivity contribution in [3.05, 3.63) is 11.9 Å². The van der Waals surface area contributed by atoms with Crippen LogP contribution in [0.5, 0.6) is 0 Å². The first kappa shape index (κ1) is 11.7. The second-order valence-electron chi connectivity index (χ2n) is 5.17. The van der Waals surface area contributed by atoms with Crippen LogP contribution in [0.2, 0.25) is 0 Å². The van der Waals surface area contributed by atoms with Crippen molar-refractivity contribution in [2.75, 3.05) is 36.8 Å². The van der Waals surface area contributed by atoms with Crippen LogP contribution < -0.4 is 10.6 Å². The van der Waals surface area contributed by atoms with Gasteiger partial charge >= 0.3 is 0 Å². The molecule has 5 heteroatoms. The van der Waals surface area contributed by atoms with Crippen molar-refractivity contribution in [1.82, 2.24) is 14.9 Å². The van der Waals surface area contributed by atoms with Crippen molar-refractivity contribution in [2.45, 2.75) is 32.2 Å². The molecular weight excluding hydrogens is 226 g/mol. The van der Waals surface area contributed by atoms with Gasteiger partial charge in [0.05, 0.1) is 0 Å². The lowest BCUT2D eigenvalue weighted by Crippen LogP contribution is -2.47. The zero-order chi connectivity index (χ0) is 12.5. The van der Waals surface area contributed by atoms with Crippen LogP contribution in [-0.2, 0) is 6.42 Å². The van der Waals surface area contributed by atoms with Gasteiger partial charge in [0.1, 0.15) is 18.0 Å². The van der Waals surface area contributed by atoms with Gasteiger partial charge in [-0.05, 0) is 19.3 Å². The molecule has 2 N–H and O–H groups in total. The van der Waals surface area contributed by atoms with Crippen molar-refractivity contribution in [3.8, 4) is 0 Å². The standard InChI is InChI=1S/C13H21N5/c1-2-11-12(14)15-9-16-13(11)18-7-5-17(6-8-18)10-3-4-10/h9-10H,2-8H2,1H3,(H2,14,15,16). The van der Waals surface area contributed by atoms with Gasteiger partial charge in [0.15, 0.2) is 0 Å². The minimum atomic E-state index is 0.632. The maximum atomic E-state index is 5.94. The molecule has 0 bridgehead atoms. The molecule has 3 rings (SSSR count). The fraction of sp³-hybridized carbons (Fsp3) is 0.692. The molecule has 0 aromatic carbocycles. The third-order valence-corrected chi connectivity index (χ3v) is 3.99. The van der Waals surface area contributed by atoms with Crippen LogP contribution in [0.1, 0.15) is 25.3 Å². The number of anilines is 2. The molecule has 2 aliphatic rings. The highest BCUT2D eigenvalue weighted by molar-refractivity contribution is 5.56. The zero-order valence-corrected chi connectivity index (χ0v) is 11.0. The molecule has 1 aromatic rings. The van der Waals surface area contributed by atoms with Crippen LogP contribution in [0.3, 0.4) is 0 Å². The van der Waals surface area contributed by atoms with Gasteiger partial charge in [0.25, 0.3) is 0 Å². The molecule has 98 valence electrons. The molecule has 5 nitrogen and oxygen atoms in total. The molecule has 2 heterocycles. The van der Waals surface area contributed by atoms with E-state index in [1.165, 1.54) is 12.8 Å². The van der Waals surface area contributed by atoms with E-state index in [4.69, 9.17) is 5.73 Å². The van der Waals surface area contributed by atoms with E-state index in [-0.39, 0.29) is 0 Å². The lowest BCUT2D eigenvalue weighted by atomic mass is 10.2. The number of hydrogen-bond donors (Lipinski definition) is 1. The summed E-state index contributed by atoms with van der Waals surface area (Å²) in [7, 11) is 0. The summed E-state index contributed by atoms with van der Waals surface area (Å²) in [4.78, 5) is 13.5. The van der Waals surface area contributed by atoms with E-state index in [2.05, 4.69) is 26.7 Å². The molecule has 0 amide bonds. The third-order valence-electron chi connectivity index (χ3n) is 3.99. The van der Waals surface area contributed by atoms with E-state index in [1.807, 2.05) is 0 Å². The van der Waals surface area contributed by atoms with Crippen molar-refractivity contribution in [1.29, 1.82) is 0 Å². The summed E-state index contributed by atoms with van der Waals surface area (Å²) >= 11 is 0. The highest BCUT2D eigenvalue weighted by Crippen LogP contribution is 2.29. The molecule has 2 fully saturated rings. The summed E-state index contributed by atoms with van der Waals surface area (Å²) in [5.74, 6) is 1.67. The smallest absolute Gasteiger partial charge is 0.137 e. The fourth-order valence-corrected chi connectivity index (χ4v) is 2.77. The first-order valence-corrected chi connectivity index (χ1v) is 6.88. The summed E-state index contributed by atoms with van der Waals surface area (Å²) < 4.78 is 0. The van der Waals surface area contributed by atoms with Crippen molar-refractivity contribution >= 4 is 11.6 Å². The van der Waals surface area contributed by atoms with Crippen LogP contribution in [0.25, 0.3) is 0 Å². The normalized spacial score (nSPS) is 21.3. The Labute approximate surface area is 108 Å². The molecule has 18 heavy (non-hydrogen) atoms. The molecule has 1 saturated carbocycles. The van der Waals surface area contributed by atoms with Gasteiger partial charge in [-0.15, -0.1) is 0 Å². The molecular formula is C13H21N5. The second-order valence-corrected chi connectivity index (χ2v) is 5.17. The first-order valence-electron chi connectivity index (χ1n) is 6.88. The van der Waals surface area contributed by atoms with Gasteiger partial charge in [-0.25, -0.2) is 9.97 Å². The van der Waals surface area contributed by atoms with Crippen LogP contribution in [0.4, 0.5) is 11.6 Å². The molecule has 0 radical (unpaired) electrons. The molecule has 0 unspecified atom stereocenters.